The van der Waals surface area contributed by atoms with Crippen molar-refractivity contribution < 1.29 is 0 Å². The van der Waals surface area contributed by atoms with Crippen LogP contribution in [0.25, 0.3) is 0 Å². The highest BCUT2D eigenvalue weighted by atomic mass is 14.5. The summed E-state index contributed by atoms with van der Waals surface area (Å²) in [6.07, 6.45) is 6.97. The van der Waals surface area contributed by atoms with Crippen LogP contribution in [0.15, 0.2) is 18.2 Å². The molecular weight excluding hydrogens is 228 g/mol. The van der Waals surface area contributed by atoms with E-state index in [0.29, 0.717) is 11.3 Å². The zero-order chi connectivity index (χ0) is 13.6. The van der Waals surface area contributed by atoms with Crippen LogP contribution in [0.3, 0.4) is 0 Å². The molecule has 0 radical (unpaired) electrons. The van der Waals surface area contributed by atoms with Crippen LogP contribution >= 0.6 is 0 Å². The molecule has 0 saturated heterocycles. The van der Waals surface area contributed by atoms with Crippen LogP contribution in [0.1, 0.15) is 76.0 Å². The summed E-state index contributed by atoms with van der Waals surface area (Å²) in [5.41, 5.74) is 5.31. The van der Waals surface area contributed by atoms with Crippen LogP contribution in [-0.2, 0) is 11.8 Å². The molecule has 1 aromatic rings. The van der Waals surface area contributed by atoms with Crippen molar-refractivity contribution in [1.82, 2.24) is 0 Å². The highest BCUT2D eigenvalue weighted by molar-refractivity contribution is 5.41. The fraction of sp³-hybridized carbons (Fsp3) is 0.684. The van der Waals surface area contributed by atoms with Gasteiger partial charge in [-0.1, -0.05) is 58.7 Å². The van der Waals surface area contributed by atoms with Gasteiger partial charge in [0.2, 0.25) is 0 Å². The summed E-state index contributed by atoms with van der Waals surface area (Å²) in [6, 6.07) is 7.35. The number of hydrogen-bond acceptors (Lipinski definition) is 0. The van der Waals surface area contributed by atoms with Crippen molar-refractivity contribution in [3.05, 3.63) is 34.9 Å². The highest BCUT2D eigenvalue weighted by Gasteiger charge is 2.44. The molecule has 1 fully saturated rings. The van der Waals surface area contributed by atoms with Crippen molar-refractivity contribution >= 4 is 0 Å². The molecule has 3 rings (SSSR count). The minimum absolute atomic E-state index is 0.459. The van der Waals surface area contributed by atoms with E-state index >= 15 is 0 Å². The number of aryl methyl sites for hydroxylation is 1. The summed E-state index contributed by atoms with van der Waals surface area (Å²) in [5.74, 6) is 2.48. The molecule has 0 bridgehead atoms. The largest absolute Gasteiger partial charge is 0.0622 e. The fourth-order valence-electron chi connectivity index (χ4n) is 4.79. The van der Waals surface area contributed by atoms with Gasteiger partial charge in [0.15, 0.2) is 0 Å². The van der Waals surface area contributed by atoms with Crippen molar-refractivity contribution in [2.24, 2.45) is 11.8 Å². The first-order valence-corrected chi connectivity index (χ1v) is 8.15. The Morgan fingerprint density at radius 2 is 2.00 bits per heavy atom. The second-order valence-corrected chi connectivity index (χ2v) is 7.50. The molecule has 19 heavy (non-hydrogen) atoms. The summed E-state index contributed by atoms with van der Waals surface area (Å²) < 4.78 is 0. The molecule has 0 spiro atoms. The average molecular weight is 256 g/mol. The molecule has 0 heteroatoms. The molecular formula is C19H28. The van der Waals surface area contributed by atoms with E-state index in [9.17, 15) is 0 Å². The molecule has 1 saturated carbocycles. The lowest BCUT2D eigenvalue weighted by molar-refractivity contribution is 0.118. The Kier molecular flexibility index (Phi) is 3.23. The third kappa shape index (κ3) is 2.04. The molecule has 3 atom stereocenters. The van der Waals surface area contributed by atoms with Crippen LogP contribution in [0.2, 0.25) is 0 Å². The second kappa shape index (κ2) is 4.65. The molecule has 0 amide bonds. The molecule has 0 heterocycles. The predicted octanol–water partition coefficient (Wildman–Crippen LogP) is 5.45. The first kappa shape index (κ1) is 13.2. The number of fused-ring (bicyclic) bond motifs is 3. The summed E-state index contributed by atoms with van der Waals surface area (Å²) in [7, 11) is 0. The minimum Gasteiger partial charge on any atom is -0.0622 e. The van der Waals surface area contributed by atoms with E-state index in [1.807, 2.05) is 0 Å². The van der Waals surface area contributed by atoms with E-state index < -0.39 is 0 Å². The molecule has 0 aromatic heterocycles. The van der Waals surface area contributed by atoms with Gasteiger partial charge in [-0.3, -0.25) is 0 Å². The Bertz CT molecular complexity index is 471. The predicted molar refractivity (Wildman–Crippen MR) is 82.7 cm³/mol. The molecule has 2 aliphatic carbocycles. The number of rotatable bonds is 1. The molecule has 104 valence electrons. The fourth-order valence-corrected chi connectivity index (χ4v) is 4.79. The minimum atomic E-state index is 0.459. The second-order valence-electron chi connectivity index (χ2n) is 7.50. The Morgan fingerprint density at radius 1 is 1.21 bits per heavy atom. The molecule has 1 unspecified atom stereocenters. The van der Waals surface area contributed by atoms with Crippen molar-refractivity contribution in [1.29, 1.82) is 0 Å². The first-order chi connectivity index (χ1) is 9.02. The van der Waals surface area contributed by atoms with Gasteiger partial charge in [-0.15, -0.1) is 0 Å². The van der Waals surface area contributed by atoms with Gasteiger partial charge in [0.05, 0.1) is 0 Å². The molecule has 1 aromatic carbocycles. The van der Waals surface area contributed by atoms with E-state index in [2.05, 4.69) is 45.9 Å². The maximum absolute atomic E-state index is 2.54. The average Bonchev–Trinajstić information content (AvgIpc) is 2.38. The van der Waals surface area contributed by atoms with Crippen molar-refractivity contribution in [2.75, 3.05) is 0 Å². The zero-order valence-corrected chi connectivity index (χ0v) is 13.0. The van der Waals surface area contributed by atoms with Gasteiger partial charge in [-0.2, -0.15) is 0 Å². The van der Waals surface area contributed by atoms with E-state index in [4.69, 9.17) is 0 Å². The van der Waals surface area contributed by atoms with Crippen LogP contribution in [0.5, 0.6) is 0 Å². The highest BCUT2D eigenvalue weighted by Crippen LogP contribution is 2.52. The van der Waals surface area contributed by atoms with Gasteiger partial charge in [0, 0.05) is 0 Å². The van der Waals surface area contributed by atoms with E-state index in [1.54, 1.807) is 11.1 Å². The maximum atomic E-state index is 2.54. The SMILES string of the molecule is CC(C)c1ccc2c(c1)CC[C@H]1C(C)CCC[C@]21C. The molecule has 2 aliphatic rings. The Labute approximate surface area is 118 Å². The van der Waals surface area contributed by atoms with Crippen molar-refractivity contribution in [3.63, 3.8) is 0 Å². The number of benzene rings is 1. The third-order valence-corrected chi connectivity index (χ3v) is 6.00. The lowest BCUT2D eigenvalue weighted by atomic mass is 9.55. The zero-order valence-electron chi connectivity index (χ0n) is 13.0. The van der Waals surface area contributed by atoms with E-state index in [1.165, 1.54) is 37.7 Å². The summed E-state index contributed by atoms with van der Waals surface area (Å²) in [6.45, 7) is 9.63. The van der Waals surface area contributed by atoms with Gasteiger partial charge in [0.25, 0.3) is 0 Å². The lowest BCUT2D eigenvalue weighted by Crippen LogP contribution is -2.43. The van der Waals surface area contributed by atoms with Gasteiger partial charge in [-0.25, -0.2) is 0 Å². The Hall–Kier alpha value is -0.780. The Morgan fingerprint density at radius 3 is 2.74 bits per heavy atom. The van der Waals surface area contributed by atoms with Gasteiger partial charge >= 0.3 is 0 Å². The monoisotopic (exact) mass is 256 g/mol. The third-order valence-electron chi connectivity index (χ3n) is 6.00. The number of hydrogen-bond donors (Lipinski definition) is 0. The van der Waals surface area contributed by atoms with Crippen LogP contribution in [0, 0.1) is 11.8 Å². The quantitative estimate of drug-likeness (QED) is 0.626. The maximum Gasteiger partial charge on any atom is -0.00417 e. The topological polar surface area (TPSA) is 0 Å². The molecule has 0 aliphatic heterocycles. The summed E-state index contributed by atoms with van der Waals surface area (Å²) in [4.78, 5) is 0. The van der Waals surface area contributed by atoms with Gasteiger partial charge in [-0.05, 0) is 59.1 Å². The first-order valence-electron chi connectivity index (χ1n) is 8.15. The standard InChI is InChI=1S/C19H28/c1-13(2)15-7-10-18-16(12-15)8-9-17-14(3)6-5-11-19(17,18)4/h7,10,12-14,17H,5-6,8-9,11H2,1-4H3/t14?,17-,19-/m0/s1. The molecule has 0 nitrogen and oxygen atoms in total. The molecule has 0 N–H and O–H groups in total. The van der Waals surface area contributed by atoms with Crippen molar-refractivity contribution in [2.45, 2.75) is 71.1 Å². The van der Waals surface area contributed by atoms with Crippen LogP contribution in [-0.4, -0.2) is 0 Å². The van der Waals surface area contributed by atoms with Crippen LogP contribution in [0.4, 0.5) is 0 Å². The Balaban J connectivity index is 2.04. The van der Waals surface area contributed by atoms with Crippen molar-refractivity contribution in [3.8, 4) is 0 Å². The van der Waals surface area contributed by atoms with E-state index in [0.717, 1.165) is 11.8 Å². The summed E-state index contributed by atoms with van der Waals surface area (Å²) in [5, 5.41) is 0. The smallest absolute Gasteiger partial charge is 0.00417 e. The van der Waals surface area contributed by atoms with Crippen LogP contribution < -0.4 is 0 Å². The van der Waals surface area contributed by atoms with Gasteiger partial charge in [0.1, 0.15) is 0 Å². The summed E-state index contributed by atoms with van der Waals surface area (Å²) >= 11 is 0. The van der Waals surface area contributed by atoms with E-state index in [-0.39, 0.29) is 0 Å². The lowest BCUT2D eigenvalue weighted by Gasteiger charge is -2.49. The normalized spacial score (nSPS) is 33.9. The van der Waals surface area contributed by atoms with Gasteiger partial charge < -0.3 is 0 Å².